The van der Waals surface area contributed by atoms with Gasteiger partial charge < -0.3 is 5.11 Å². The summed E-state index contributed by atoms with van der Waals surface area (Å²) in [5.41, 5.74) is 5.69. The van der Waals surface area contributed by atoms with Crippen molar-refractivity contribution in [1.82, 2.24) is 14.5 Å². The molecule has 8 aromatic rings. The van der Waals surface area contributed by atoms with Crippen LogP contribution in [0.4, 0.5) is 0 Å². The Hall–Kier alpha value is -6.26. The number of aromatic nitrogens is 3. The molecule has 0 bridgehead atoms. The van der Waals surface area contributed by atoms with Crippen molar-refractivity contribution in [1.29, 1.82) is 0 Å². The molecule has 1 N–H and O–H groups in total. The second-order valence-corrected chi connectivity index (χ2v) is 18.9. The van der Waals surface area contributed by atoms with Gasteiger partial charge in [-0.05, 0) is 146 Å². The van der Waals surface area contributed by atoms with Crippen LogP contribution in [0.2, 0.25) is 0 Å². The van der Waals surface area contributed by atoms with Crippen LogP contribution in [-0.2, 0) is 16.2 Å². The quantitative estimate of drug-likeness (QED) is 0.174. The number of phenols is 1. The fraction of sp³-hybridized carbons (Fsp3) is 0.288. The Bertz CT molecular complexity index is 3580. The predicted molar refractivity (Wildman–Crippen MR) is 267 cm³/mol. The van der Waals surface area contributed by atoms with Crippen LogP contribution in [0.15, 0.2) is 133 Å². The van der Waals surface area contributed by atoms with Crippen LogP contribution >= 0.6 is 0 Å². The van der Waals surface area contributed by atoms with E-state index in [0.717, 1.165) is 55.7 Å². The zero-order valence-corrected chi connectivity index (χ0v) is 37.7. The Morgan fingerprint density at radius 1 is 0.635 bits per heavy atom. The van der Waals surface area contributed by atoms with Crippen molar-refractivity contribution in [3.8, 4) is 67.5 Å². The molecule has 0 saturated carbocycles. The van der Waals surface area contributed by atoms with Gasteiger partial charge in [-0.15, -0.1) is 0 Å². The third-order valence-corrected chi connectivity index (χ3v) is 11.7. The summed E-state index contributed by atoms with van der Waals surface area (Å²) in [6.45, 7) is 8.87. The first kappa shape index (κ1) is 29.2. The number of para-hydroxylation sites is 1. The van der Waals surface area contributed by atoms with Gasteiger partial charge in [-0.1, -0.05) is 155 Å². The van der Waals surface area contributed by atoms with Gasteiger partial charge in [0.05, 0.1) is 27.8 Å². The maximum Gasteiger partial charge on any atom is 0.149 e. The number of rotatable bonds is 7. The first-order valence-corrected chi connectivity index (χ1v) is 21.2. The Morgan fingerprint density at radius 2 is 1.35 bits per heavy atom. The average Bonchev–Trinajstić information content (AvgIpc) is 3.75. The largest absolute Gasteiger partial charge is 0.507 e. The summed E-state index contributed by atoms with van der Waals surface area (Å²) >= 11 is 0. The zero-order chi connectivity index (χ0) is 57.1. The number of pyridine rings is 1. The number of nitrogens with zero attached hydrogens (tertiary/aromatic N) is 3. The van der Waals surface area contributed by atoms with E-state index in [1.807, 2.05) is 99.0 Å². The number of benzene rings is 6. The van der Waals surface area contributed by atoms with E-state index < -0.39 is 67.0 Å². The van der Waals surface area contributed by atoms with Crippen molar-refractivity contribution in [3.05, 3.63) is 167 Å². The number of hydrogen-bond acceptors (Lipinski definition) is 3. The summed E-state index contributed by atoms with van der Waals surface area (Å²) in [5, 5.41) is 11.8. The summed E-state index contributed by atoms with van der Waals surface area (Å²) < 4.78 is 122. The second-order valence-electron chi connectivity index (χ2n) is 18.9. The van der Waals surface area contributed by atoms with Gasteiger partial charge in [0.2, 0.25) is 0 Å². The highest BCUT2D eigenvalue weighted by Crippen LogP contribution is 2.43. The molecular formula is C59H63N3O. The maximum absolute atomic E-state index is 11.8. The molecule has 0 unspecified atom stereocenters. The van der Waals surface area contributed by atoms with E-state index in [9.17, 15) is 6.48 Å². The molecule has 0 amide bonds. The summed E-state index contributed by atoms with van der Waals surface area (Å²) in [4.78, 5) is 10.1. The van der Waals surface area contributed by atoms with Crippen LogP contribution in [0.3, 0.4) is 0 Å². The third-order valence-electron chi connectivity index (χ3n) is 11.7. The van der Waals surface area contributed by atoms with E-state index in [0.29, 0.717) is 33.7 Å². The van der Waals surface area contributed by atoms with E-state index >= 15 is 0 Å². The molecule has 0 radical (unpaired) electrons. The summed E-state index contributed by atoms with van der Waals surface area (Å²) in [7, 11) is 0. The van der Waals surface area contributed by atoms with Crippen molar-refractivity contribution in [3.63, 3.8) is 0 Å². The molecule has 4 nitrogen and oxygen atoms in total. The van der Waals surface area contributed by atoms with Gasteiger partial charge >= 0.3 is 0 Å². The molecule has 0 saturated heterocycles. The fourth-order valence-corrected chi connectivity index (χ4v) is 8.35. The Kier molecular flexibility index (Phi) is 7.47. The molecule has 0 aliphatic heterocycles. The van der Waals surface area contributed by atoms with Crippen molar-refractivity contribution in [2.24, 2.45) is 0 Å². The van der Waals surface area contributed by atoms with Crippen molar-refractivity contribution >= 4 is 11.0 Å². The average molecular weight is 844 g/mol. The van der Waals surface area contributed by atoms with Gasteiger partial charge in [0.1, 0.15) is 11.6 Å². The highest BCUT2D eigenvalue weighted by molar-refractivity contribution is 5.97. The first-order valence-electron chi connectivity index (χ1n) is 28.2. The van der Waals surface area contributed by atoms with Gasteiger partial charge in [0.15, 0.2) is 0 Å². The molecule has 2 aromatic heterocycles. The van der Waals surface area contributed by atoms with Crippen molar-refractivity contribution in [2.75, 3.05) is 0 Å². The number of phenolic OH excluding ortho intramolecular Hbond substituents is 1. The minimum Gasteiger partial charge on any atom is -0.507 e. The van der Waals surface area contributed by atoms with E-state index in [-0.39, 0.29) is 22.3 Å². The lowest BCUT2D eigenvalue weighted by molar-refractivity contribution is 0.472. The molecule has 4 heteroatoms. The Balaban J connectivity index is 1.37. The topological polar surface area (TPSA) is 50.9 Å². The lowest BCUT2D eigenvalue weighted by atomic mass is 9.80. The second kappa shape index (κ2) is 16.1. The van der Waals surface area contributed by atoms with E-state index in [4.69, 9.17) is 27.8 Å². The lowest BCUT2D eigenvalue weighted by Gasteiger charge is -2.25. The monoisotopic (exact) mass is 844 g/mol. The number of aryl methyl sites for hydroxylation is 2. The lowest BCUT2D eigenvalue weighted by Crippen LogP contribution is -2.13. The van der Waals surface area contributed by atoms with Gasteiger partial charge in [-0.3, -0.25) is 9.55 Å². The maximum atomic E-state index is 11.8. The minimum atomic E-state index is -3.81. The van der Waals surface area contributed by atoms with Gasteiger partial charge in [-0.25, -0.2) is 4.98 Å². The Labute approximate surface area is 395 Å². The molecule has 6 aromatic carbocycles. The van der Waals surface area contributed by atoms with Gasteiger partial charge in [0.25, 0.3) is 0 Å². The third kappa shape index (κ3) is 8.48. The molecule has 0 atom stereocenters. The zero-order valence-electron chi connectivity index (χ0n) is 51.7. The standard InChI is InChI=1S/C59H63N3O/c1-36(2)49-35-45(25-26-47(49)48-17-14-15-19-51(48)59(11,12)13)62-53-20-16-18-46(54(53)61-56(62)50-30-37(3)29-38(4)55(50)63)41-31-42(33-44(32-41)58(8,9)10)52-34-40(27-28-60-52)39-21-23-43(24-22-39)57(5,6)7/h14-36,63H,1-13H3/i5D3,6D3,7D3,21D,22D,23D,24D,36D. The molecule has 320 valence electrons. The first-order chi connectivity index (χ1) is 35.4. The van der Waals surface area contributed by atoms with Crippen LogP contribution in [-0.4, -0.2) is 19.6 Å². The van der Waals surface area contributed by atoms with Gasteiger partial charge in [-0.2, -0.15) is 0 Å². The van der Waals surface area contributed by atoms with Crippen molar-refractivity contribution in [2.45, 2.75) is 112 Å². The van der Waals surface area contributed by atoms with E-state index in [1.54, 1.807) is 6.07 Å². The number of aromatic hydroxyl groups is 1. The summed E-state index contributed by atoms with van der Waals surface area (Å²) in [6.07, 6.45) is 1.43. The molecule has 0 aliphatic carbocycles. The SMILES string of the molecule is [2H]c1c([2H])c(C(C([2H])([2H])[2H])(C([2H])([2H])[2H])C([2H])([2H])[2H])c([2H])c([2H])c1-c1ccnc(-c2cc(-c3cccc4c3nc(-c3cc(C)cc(C)c3O)n4-c3ccc(-c4ccccc4C(C)(C)C)c(C([2H])(C)C)c3)cc(C(C)(C)C)c2)c1. The molecule has 0 aliphatic rings. The summed E-state index contributed by atoms with van der Waals surface area (Å²) in [5.74, 6) is -0.480. The van der Waals surface area contributed by atoms with E-state index in [1.165, 1.54) is 12.3 Å². The van der Waals surface area contributed by atoms with Crippen LogP contribution in [0.5, 0.6) is 5.75 Å². The summed E-state index contributed by atoms with van der Waals surface area (Å²) in [6, 6.07) is 29.3. The van der Waals surface area contributed by atoms with E-state index in [2.05, 4.69) is 65.8 Å². The molecule has 8 rings (SSSR count). The van der Waals surface area contributed by atoms with Crippen LogP contribution < -0.4 is 0 Å². The minimum absolute atomic E-state index is 0.0796. The van der Waals surface area contributed by atoms with Crippen LogP contribution in [0, 0.1) is 13.8 Å². The van der Waals surface area contributed by atoms with Crippen LogP contribution in [0.1, 0.15) is 134 Å². The Morgan fingerprint density at radius 3 is 2.05 bits per heavy atom. The highest BCUT2D eigenvalue weighted by atomic mass is 16.3. The number of imidazole rings is 1. The smallest absolute Gasteiger partial charge is 0.149 e. The number of fused-ring (bicyclic) bond motifs is 1. The highest BCUT2D eigenvalue weighted by Gasteiger charge is 2.25. The molecule has 0 fully saturated rings. The number of hydrogen-bond donors (Lipinski definition) is 1. The normalized spacial score (nSPS) is 16.4. The van der Waals surface area contributed by atoms with Crippen molar-refractivity contribution < 1.29 is 24.3 Å². The molecular weight excluding hydrogens is 767 g/mol. The van der Waals surface area contributed by atoms with Crippen LogP contribution in [0.25, 0.3) is 72.7 Å². The predicted octanol–water partition coefficient (Wildman–Crippen LogP) is 16.1. The fourth-order valence-electron chi connectivity index (χ4n) is 8.35. The molecule has 2 heterocycles. The molecule has 0 spiro atoms. The van der Waals surface area contributed by atoms with Gasteiger partial charge in [0, 0.05) is 36.7 Å². The molecule has 63 heavy (non-hydrogen) atoms.